The van der Waals surface area contributed by atoms with Crippen molar-refractivity contribution < 1.29 is 9.59 Å². The molecule has 6 nitrogen and oxygen atoms in total. The summed E-state index contributed by atoms with van der Waals surface area (Å²) < 4.78 is 0. The van der Waals surface area contributed by atoms with Crippen molar-refractivity contribution in [3.05, 3.63) is 47.3 Å². The molecule has 2 aliphatic rings. The standard InChI is InChI=1S/C22H28N4O2/c1-2-3-9-17-14-26(20-11-6-8-16-7-4-5-10-18(16)20)21(27)15-25(17)22(28)19-12-13-23-24-19/h6,8,11-13,17H,2-5,7,9-10,14-15H2,1H3,(H,23,24). The summed E-state index contributed by atoms with van der Waals surface area (Å²) >= 11 is 0. The van der Waals surface area contributed by atoms with Gasteiger partial charge in [0.1, 0.15) is 12.2 Å². The van der Waals surface area contributed by atoms with Crippen molar-refractivity contribution in [3.63, 3.8) is 0 Å². The molecule has 1 N–H and O–H groups in total. The average molecular weight is 380 g/mol. The number of unbranched alkanes of at least 4 members (excludes halogenated alkanes) is 1. The van der Waals surface area contributed by atoms with E-state index in [1.165, 1.54) is 24.0 Å². The number of H-pyrrole nitrogens is 1. The van der Waals surface area contributed by atoms with Crippen molar-refractivity contribution in [1.29, 1.82) is 0 Å². The summed E-state index contributed by atoms with van der Waals surface area (Å²) in [7, 11) is 0. The first-order valence-electron chi connectivity index (χ1n) is 10.4. The zero-order valence-corrected chi connectivity index (χ0v) is 16.5. The van der Waals surface area contributed by atoms with Crippen LogP contribution in [0.1, 0.15) is 60.6 Å². The van der Waals surface area contributed by atoms with Gasteiger partial charge in [0.05, 0.1) is 6.04 Å². The molecule has 1 fully saturated rings. The van der Waals surface area contributed by atoms with E-state index in [1.807, 2.05) is 4.90 Å². The molecule has 28 heavy (non-hydrogen) atoms. The molecule has 1 aromatic heterocycles. The lowest BCUT2D eigenvalue weighted by atomic mass is 9.89. The Hall–Kier alpha value is -2.63. The number of nitrogens with zero attached hydrogens (tertiary/aromatic N) is 3. The number of aromatic nitrogens is 2. The maximum Gasteiger partial charge on any atom is 0.272 e. The molecule has 6 heteroatoms. The maximum absolute atomic E-state index is 13.1. The molecule has 2 amide bonds. The number of hydrogen-bond donors (Lipinski definition) is 1. The number of rotatable bonds is 5. The summed E-state index contributed by atoms with van der Waals surface area (Å²) in [6, 6.07) is 8.02. The molecule has 0 saturated carbocycles. The van der Waals surface area contributed by atoms with Crippen molar-refractivity contribution >= 4 is 17.5 Å². The summed E-state index contributed by atoms with van der Waals surface area (Å²) in [6.07, 6.45) is 9.09. The van der Waals surface area contributed by atoms with Crippen LogP contribution in [0.2, 0.25) is 0 Å². The van der Waals surface area contributed by atoms with Crippen LogP contribution in [0.5, 0.6) is 0 Å². The van der Waals surface area contributed by atoms with Crippen LogP contribution in [-0.2, 0) is 17.6 Å². The first-order valence-corrected chi connectivity index (χ1v) is 10.4. The van der Waals surface area contributed by atoms with Crippen LogP contribution in [0, 0.1) is 0 Å². The van der Waals surface area contributed by atoms with Crippen molar-refractivity contribution in [3.8, 4) is 0 Å². The van der Waals surface area contributed by atoms with Crippen LogP contribution < -0.4 is 4.90 Å². The molecule has 0 radical (unpaired) electrons. The fraction of sp³-hybridized carbons (Fsp3) is 0.500. The normalized spacial score (nSPS) is 19.6. The maximum atomic E-state index is 13.1. The molecule has 1 atom stereocenters. The fourth-order valence-electron chi connectivity index (χ4n) is 4.47. The van der Waals surface area contributed by atoms with Gasteiger partial charge in [-0.25, -0.2) is 0 Å². The summed E-state index contributed by atoms with van der Waals surface area (Å²) in [5.41, 5.74) is 4.19. The molecule has 1 aliphatic heterocycles. The highest BCUT2D eigenvalue weighted by atomic mass is 16.2. The van der Waals surface area contributed by atoms with E-state index in [-0.39, 0.29) is 24.4 Å². The summed E-state index contributed by atoms with van der Waals surface area (Å²) in [6.45, 7) is 2.84. The van der Waals surface area contributed by atoms with E-state index in [0.29, 0.717) is 12.2 Å². The van der Waals surface area contributed by atoms with E-state index in [9.17, 15) is 9.59 Å². The minimum absolute atomic E-state index is 0.000382. The summed E-state index contributed by atoms with van der Waals surface area (Å²) in [5.74, 6) is -0.138. The molecular weight excluding hydrogens is 352 g/mol. The predicted octanol–water partition coefficient (Wildman–Crippen LogP) is 3.34. The summed E-state index contributed by atoms with van der Waals surface area (Å²) in [4.78, 5) is 29.7. The molecule has 1 aromatic carbocycles. The third-order valence-corrected chi connectivity index (χ3v) is 5.99. The van der Waals surface area contributed by atoms with Gasteiger partial charge in [-0.15, -0.1) is 0 Å². The van der Waals surface area contributed by atoms with Crippen molar-refractivity contribution in [2.45, 2.75) is 57.9 Å². The third-order valence-electron chi connectivity index (χ3n) is 5.99. The Kier molecular flexibility index (Phi) is 5.46. The topological polar surface area (TPSA) is 69.3 Å². The number of carbonyl (C=O) groups is 2. The molecule has 1 saturated heterocycles. The Balaban J connectivity index is 1.62. The highest BCUT2D eigenvalue weighted by Gasteiger charge is 2.37. The molecule has 0 bridgehead atoms. The van der Waals surface area contributed by atoms with Crippen LogP contribution in [0.4, 0.5) is 5.69 Å². The average Bonchev–Trinajstić information content (AvgIpc) is 3.27. The molecule has 2 heterocycles. The lowest BCUT2D eigenvalue weighted by Crippen LogP contribution is -2.58. The molecule has 0 spiro atoms. The second kappa shape index (κ2) is 8.17. The van der Waals surface area contributed by atoms with Gasteiger partial charge in [0.2, 0.25) is 5.91 Å². The lowest BCUT2D eigenvalue weighted by Gasteiger charge is -2.42. The monoisotopic (exact) mass is 380 g/mol. The Morgan fingerprint density at radius 2 is 2.11 bits per heavy atom. The van der Waals surface area contributed by atoms with Gasteiger partial charge in [-0.1, -0.05) is 31.9 Å². The van der Waals surface area contributed by atoms with Crippen molar-refractivity contribution in [2.24, 2.45) is 0 Å². The van der Waals surface area contributed by atoms with E-state index in [0.717, 1.165) is 37.8 Å². The molecule has 2 aromatic rings. The number of aromatic amines is 1. The number of carbonyl (C=O) groups excluding carboxylic acids is 2. The van der Waals surface area contributed by atoms with Gasteiger partial charge in [0.25, 0.3) is 5.91 Å². The van der Waals surface area contributed by atoms with Gasteiger partial charge in [-0.2, -0.15) is 5.10 Å². The van der Waals surface area contributed by atoms with Gasteiger partial charge in [-0.3, -0.25) is 14.7 Å². The molecular formula is C22H28N4O2. The first-order chi connectivity index (χ1) is 13.7. The summed E-state index contributed by atoms with van der Waals surface area (Å²) in [5, 5.41) is 6.63. The van der Waals surface area contributed by atoms with Gasteiger partial charge >= 0.3 is 0 Å². The quantitative estimate of drug-likeness (QED) is 0.865. The SMILES string of the molecule is CCCCC1CN(c2cccc3c2CCCC3)C(=O)CN1C(=O)c1ccn[nH]1. The molecule has 4 rings (SSSR count). The minimum atomic E-state index is -0.137. The minimum Gasteiger partial charge on any atom is -0.323 e. The molecule has 1 aliphatic carbocycles. The van der Waals surface area contributed by atoms with Crippen LogP contribution in [0.25, 0.3) is 0 Å². The predicted molar refractivity (Wildman–Crippen MR) is 108 cm³/mol. The molecule has 148 valence electrons. The zero-order valence-electron chi connectivity index (χ0n) is 16.5. The van der Waals surface area contributed by atoms with Gasteiger partial charge in [0.15, 0.2) is 0 Å². The Morgan fingerprint density at radius 1 is 1.25 bits per heavy atom. The van der Waals surface area contributed by atoms with Gasteiger partial charge in [0, 0.05) is 18.4 Å². The first kappa shape index (κ1) is 18.7. The number of hydrogen-bond acceptors (Lipinski definition) is 3. The lowest BCUT2D eigenvalue weighted by molar-refractivity contribution is -0.121. The molecule has 1 unspecified atom stereocenters. The smallest absolute Gasteiger partial charge is 0.272 e. The van der Waals surface area contributed by atoms with E-state index in [4.69, 9.17) is 0 Å². The fourth-order valence-corrected chi connectivity index (χ4v) is 4.47. The second-order valence-corrected chi connectivity index (χ2v) is 7.83. The van der Waals surface area contributed by atoms with E-state index >= 15 is 0 Å². The van der Waals surface area contributed by atoms with E-state index in [2.05, 4.69) is 35.3 Å². The van der Waals surface area contributed by atoms with Gasteiger partial charge in [-0.05, 0) is 55.4 Å². The van der Waals surface area contributed by atoms with Crippen molar-refractivity contribution in [2.75, 3.05) is 18.0 Å². The zero-order chi connectivity index (χ0) is 19.5. The van der Waals surface area contributed by atoms with Crippen LogP contribution in [0.3, 0.4) is 0 Å². The van der Waals surface area contributed by atoms with E-state index in [1.54, 1.807) is 17.2 Å². The highest BCUT2D eigenvalue weighted by Crippen LogP contribution is 2.32. The Bertz CT molecular complexity index is 846. The van der Waals surface area contributed by atoms with Crippen LogP contribution in [-0.4, -0.2) is 46.0 Å². The van der Waals surface area contributed by atoms with Gasteiger partial charge < -0.3 is 9.80 Å². The number of anilines is 1. The third kappa shape index (κ3) is 3.55. The number of amides is 2. The van der Waals surface area contributed by atoms with E-state index < -0.39 is 0 Å². The number of piperazine rings is 1. The number of aryl methyl sites for hydroxylation is 1. The van der Waals surface area contributed by atoms with Crippen molar-refractivity contribution in [1.82, 2.24) is 15.1 Å². The Morgan fingerprint density at radius 3 is 2.89 bits per heavy atom. The Labute approximate surface area is 165 Å². The largest absolute Gasteiger partial charge is 0.323 e. The second-order valence-electron chi connectivity index (χ2n) is 7.83. The number of fused-ring (bicyclic) bond motifs is 1. The highest BCUT2D eigenvalue weighted by molar-refractivity contribution is 6.01. The van der Waals surface area contributed by atoms with Crippen LogP contribution in [0.15, 0.2) is 30.5 Å². The number of nitrogens with one attached hydrogen (secondary N) is 1. The van der Waals surface area contributed by atoms with Crippen LogP contribution >= 0.6 is 0 Å². The number of benzene rings is 1.